The highest BCUT2D eigenvalue weighted by Crippen LogP contribution is 2.31. The number of hydrogen-bond acceptors (Lipinski definition) is 2. The number of halogens is 2. The average Bonchev–Trinajstić information content (AvgIpc) is 2.37. The maximum atomic E-state index is 13.3. The first-order valence-corrected chi connectivity index (χ1v) is 8.36. The van der Waals surface area contributed by atoms with Crippen molar-refractivity contribution >= 4 is 28.3 Å². The quantitative estimate of drug-likeness (QED) is 0.768. The molecule has 1 saturated heterocycles. The molecule has 0 spiro atoms. The van der Waals surface area contributed by atoms with Gasteiger partial charge in [-0.05, 0) is 52.6 Å². The molecule has 4 heteroatoms. The van der Waals surface area contributed by atoms with Crippen LogP contribution in [0.5, 0.6) is 0 Å². The van der Waals surface area contributed by atoms with Gasteiger partial charge in [0.1, 0.15) is 5.82 Å². The molecule has 2 unspecified atom stereocenters. The van der Waals surface area contributed by atoms with Crippen LogP contribution >= 0.6 is 22.6 Å². The summed E-state index contributed by atoms with van der Waals surface area (Å²) in [6.07, 6.45) is 1.09. The zero-order chi connectivity index (χ0) is 14.9. The number of piperazine rings is 1. The third-order valence-corrected chi connectivity index (χ3v) is 5.02. The maximum absolute atomic E-state index is 13.3. The lowest BCUT2D eigenvalue weighted by Gasteiger charge is -2.46. The largest absolute Gasteiger partial charge is 0.365 e. The van der Waals surface area contributed by atoms with E-state index in [0.717, 1.165) is 28.8 Å². The van der Waals surface area contributed by atoms with E-state index in [9.17, 15) is 4.39 Å². The number of hydrogen-bond donors (Lipinski definition) is 1. The molecule has 2 rings (SSSR count). The van der Waals surface area contributed by atoms with E-state index in [1.54, 1.807) is 12.1 Å². The molecule has 2 atom stereocenters. The van der Waals surface area contributed by atoms with Crippen LogP contribution < -0.4 is 10.2 Å². The van der Waals surface area contributed by atoms with Crippen LogP contribution in [0.2, 0.25) is 0 Å². The number of nitrogens with one attached hydrogen (secondary N) is 1. The molecule has 20 heavy (non-hydrogen) atoms. The summed E-state index contributed by atoms with van der Waals surface area (Å²) in [5.74, 6) is -0.159. The molecule has 0 bridgehead atoms. The van der Waals surface area contributed by atoms with E-state index < -0.39 is 0 Å². The first-order chi connectivity index (χ1) is 9.32. The van der Waals surface area contributed by atoms with E-state index in [1.807, 2.05) is 6.07 Å². The van der Waals surface area contributed by atoms with Crippen molar-refractivity contribution in [3.05, 3.63) is 27.6 Å². The SMILES string of the molecule is CCC1CNC(C(C)(C)C)CN1c1ccc(F)cc1I. The van der Waals surface area contributed by atoms with Crippen molar-refractivity contribution in [3.63, 3.8) is 0 Å². The Morgan fingerprint density at radius 2 is 2.10 bits per heavy atom. The lowest BCUT2D eigenvalue weighted by molar-refractivity contribution is 0.233. The molecule has 1 N–H and O–H groups in total. The number of benzene rings is 1. The van der Waals surface area contributed by atoms with Crippen LogP contribution in [-0.4, -0.2) is 25.2 Å². The van der Waals surface area contributed by atoms with Gasteiger partial charge in [0.05, 0.1) is 5.69 Å². The minimum absolute atomic E-state index is 0.159. The molecule has 1 aromatic carbocycles. The van der Waals surface area contributed by atoms with Gasteiger partial charge in [0, 0.05) is 28.7 Å². The Morgan fingerprint density at radius 3 is 2.65 bits per heavy atom. The van der Waals surface area contributed by atoms with Crippen molar-refractivity contribution in [2.45, 2.75) is 46.2 Å². The summed E-state index contributed by atoms with van der Waals surface area (Å²) in [4.78, 5) is 2.45. The zero-order valence-electron chi connectivity index (χ0n) is 12.7. The van der Waals surface area contributed by atoms with Gasteiger partial charge in [-0.2, -0.15) is 0 Å². The number of anilines is 1. The Kier molecular flexibility index (Phi) is 4.95. The predicted octanol–water partition coefficient (Wildman–Crippen LogP) is 4.03. The molecule has 1 aliphatic heterocycles. The normalized spacial score (nSPS) is 24.0. The van der Waals surface area contributed by atoms with Crippen molar-refractivity contribution in [1.29, 1.82) is 0 Å². The molecule has 1 heterocycles. The second kappa shape index (κ2) is 6.18. The predicted molar refractivity (Wildman–Crippen MR) is 91.8 cm³/mol. The fourth-order valence-electron chi connectivity index (χ4n) is 2.75. The van der Waals surface area contributed by atoms with Gasteiger partial charge in [-0.3, -0.25) is 0 Å². The van der Waals surface area contributed by atoms with E-state index in [-0.39, 0.29) is 11.2 Å². The van der Waals surface area contributed by atoms with E-state index in [4.69, 9.17) is 0 Å². The monoisotopic (exact) mass is 390 g/mol. The summed E-state index contributed by atoms with van der Waals surface area (Å²) < 4.78 is 14.3. The maximum Gasteiger partial charge on any atom is 0.124 e. The highest BCUT2D eigenvalue weighted by Gasteiger charge is 2.34. The fraction of sp³-hybridized carbons (Fsp3) is 0.625. The molecule has 1 fully saturated rings. The lowest BCUT2D eigenvalue weighted by Crippen LogP contribution is -2.60. The van der Waals surface area contributed by atoms with Crippen molar-refractivity contribution in [3.8, 4) is 0 Å². The molecule has 1 aliphatic rings. The van der Waals surface area contributed by atoms with Crippen LogP contribution in [-0.2, 0) is 0 Å². The molecule has 0 saturated carbocycles. The first-order valence-electron chi connectivity index (χ1n) is 7.28. The molecular weight excluding hydrogens is 366 g/mol. The Labute approximate surface area is 135 Å². The smallest absolute Gasteiger partial charge is 0.124 e. The average molecular weight is 390 g/mol. The number of nitrogens with zero attached hydrogens (tertiary/aromatic N) is 1. The minimum Gasteiger partial charge on any atom is -0.365 e. The van der Waals surface area contributed by atoms with Crippen molar-refractivity contribution < 1.29 is 4.39 Å². The summed E-state index contributed by atoms with van der Waals surface area (Å²) in [6.45, 7) is 11.0. The summed E-state index contributed by atoms with van der Waals surface area (Å²) in [6, 6.07) is 6.04. The molecule has 2 nitrogen and oxygen atoms in total. The van der Waals surface area contributed by atoms with Crippen LogP contribution in [0.4, 0.5) is 10.1 Å². The second-order valence-corrected chi connectivity index (χ2v) is 7.80. The van der Waals surface area contributed by atoms with Gasteiger partial charge in [0.25, 0.3) is 0 Å². The van der Waals surface area contributed by atoms with Gasteiger partial charge < -0.3 is 10.2 Å². The Morgan fingerprint density at radius 1 is 1.40 bits per heavy atom. The van der Waals surface area contributed by atoms with Crippen LogP contribution in [0, 0.1) is 14.8 Å². The van der Waals surface area contributed by atoms with Gasteiger partial charge in [0.15, 0.2) is 0 Å². The Bertz CT molecular complexity index is 470. The summed E-state index contributed by atoms with van der Waals surface area (Å²) in [5.41, 5.74) is 1.39. The highest BCUT2D eigenvalue weighted by molar-refractivity contribution is 14.1. The summed E-state index contributed by atoms with van der Waals surface area (Å²) >= 11 is 2.24. The van der Waals surface area contributed by atoms with E-state index in [2.05, 4.69) is 60.5 Å². The van der Waals surface area contributed by atoms with Gasteiger partial charge in [-0.25, -0.2) is 4.39 Å². The van der Waals surface area contributed by atoms with Crippen LogP contribution in [0.1, 0.15) is 34.1 Å². The van der Waals surface area contributed by atoms with Crippen molar-refractivity contribution in [1.82, 2.24) is 5.32 Å². The molecule has 0 aromatic heterocycles. The first kappa shape index (κ1) is 16.0. The molecule has 112 valence electrons. The standard InChI is InChI=1S/C16H24FIN2/c1-5-12-9-19-15(16(2,3)4)10-20(12)14-7-6-11(17)8-13(14)18/h6-8,12,15,19H,5,9-10H2,1-4H3. The zero-order valence-corrected chi connectivity index (χ0v) is 14.9. The van der Waals surface area contributed by atoms with E-state index in [0.29, 0.717) is 12.1 Å². The number of rotatable bonds is 2. The van der Waals surface area contributed by atoms with Gasteiger partial charge >= 0.3 is 0 Å². The third-order valence-electron chi connectivity index (χ3n) is 4.16. The minimum atomic E-state index is -0.159. The molecule has 1 aromatic rings. The third kappa shape index (κ3) is 3.45. The van der Waals surface area contributed by atoms with Gasteiger partial charge in [-0.15, -0.1) is 0 Å². The fourth-order valence-corrected chi connectivity index (χ4v) is 3.54. The second-order valence-electron chi connectivity index (χ2n) is 6.64. The van der Waals surface area contributed by atoms with Crippen LogP contribution in [0.15, 0.2) is 18.2 Å². The van der Waals surface area contributed by atoms with Gasteiger partial charge in [0.2, 0.25) is 0 Å². The van der Waals surface area contributed by atoms with E-state index in [1.165, 1.54) is 0 Å². The molecule has 0 radical (unpaired) electrons. The topological polar surface area (TPSA) is 15.3 Å². The molecule has 0 aliphatic carbocycles. The van der Waals surface area contributed by atoms with Crippen molar-refractivity contribution in [2.75, 3.05) is 18.0 Å². The van der Waals surface area contributed by atoms with E-state index >= 15 is 0 Å². The summed E-state index contributed by atoms with van der Waals surface area (Å²) in [7, 11) is 0. The summed E-state index contributed by atoms with van der Waals surface area (Å²) in [5, 5.41) is 3.67. The van der Waals surface area contributed by atoms with Gasteiger partial charge in [-0.1, -0.05) is 27.7 Å². The highest BCUT2D eigenvalue weighted by atomic mass is 127. The van der Waals surface area contributed by atoms with Crippen LogP contribution in [0.25, 0.3) is 0 Å². The Hall–Kier alpha value is -0.360. The van der Waals surface area contributed by atoms with Crippen molar-refractivity contribution in [2.24, 2.45) is 5.41 Å². The lowest BCUT2D eigenvalue weighted by atomic mass is 9.84. The molecular formula is C16H24FIN2. The Balaban J connectivity index is 2.29. The molecule has 0 amide bonds. The van der Waals surface area contributed by atoms with Crippen LogP contribution in [0.3, 0.4) is 0 Å².